The van der Waals surface area contributed by atoms with Crippen molar-refractivity contribution >= 4 is 46.6 Å². The molecular formula is C33H41ClFN5O6S. The average Bonchev–Trinajstić information content (AvgIpc) is 3.48. The van der Waals surface area contributed by atoms with Crippen molar-refractivity contribution in [2.24, 2.45) is 16.8 Å². The monoisotopic (exact) mass is 689 g/mol. The number of aliphatic imine (C=N–C) groups is 1. The molecule has 1 amide bonds. The SMILES string of the molecule is COC(=O)C1=C(CN2CC3COCC(C2)CC(CC(C)=O)(NC(=O)OC(C)(C)C)C3)NC(c2nccs2)=N[C@H]1c1ccc(F)cc1Cl. The van der Waals surface area contributed by atoms with Gasteiger partial charge in [-0.3, -0.25) is 14.7 Å². The van der Waals surface area contributed by atoms with Crippen molar-refractivity contribution in [2.75, 3.05) is 40.0 Å². The lowest BCUT2D eigenvalue weighted by Crippen LogP contribution is -2.58. The molecule has 1 aromatic heterocycles. The molecule has 14 heteroatoms. The first kappa shape index (κ1) is 34.9. The molecule has 2 aromatic rings. The van der Waals surface area contributed by atoms with Crippen LogP contribution in [0.3, 0.4) is 0 Å². The molecule has 3 fully saturated rings. The van der Waals surface area contributed by atoms with Crippen LogP contribution in [-0.4, -0.2) is 84.7 Å². The molecule has 47 heavy (non-hydrogen) atoms. The number of thiazole rings is 1. The number of benzene rings is 1. The minimum absolute atomic E-state index is 0.0174. The maximum absolute atomic E-state index is 14.1. The molecule has 2 bridgehead atoms. The van der Waals surface area contributed by atoms with Gasteiger partial charge < -0.3 is 24.8 Å². The van der Waals surface area contributed by atoms with Gasteiger partial charge in [-0.1, -0.05) is 17.7 Å². The first-order chi connectivity index (χ1) is 22.2. The Hall–Kier alpha value is -3.39. The van der Waals surface area contributed by atoms with E-state index < -0.39 is 35.1 Å². The van der Waals surface area contributed by atoms with Gasteiger partial charge in [0, 0.05) is 53.9 Å². The Morgan fingerprint density at radius 3 is 2.49 bits per heavy atom. The van der Waals surface area contributed by atoms with Gasteiger partial charge in [0.2, 0.25) is 0 Å². The summed E-state index contributed by atoms with van der Waals surface area (Å²) < 4.78 is 31.0. The molecule has 3 atom stereocenters. The predicted molar refractivity (Wildman–Crippen MR) is 176 cm³/mol. The fourth-order valence-corrected chi connectivity index (χ4v) is 7.71. The molecule has 0 radical (unpaired) electrons. The first-order valence-corrected chi connectivity index (χ1v) is 16.8. The van der Waals surface area contributed by atoms with Crippen LogP contribution >= 0.6 is 22.9 Å². The van der Waals surface area contributed by atoms with Crippen molar-refractivity contribution in [1.82, 2.24) is 20.5 Å². The first-order valence-electron chi connectivity index (χ1n) is 15.6. The molecular weight excluding hydrogens is 649 g/mol. The highest BCUT2D eigenvalue weighted by Crippen LogP contribution is 2.39. The van der Waals surface area contributed by atoms with E-state index in [1.54, 1.807) is 27.0 Å². The summed E-state index contributed by atoms with van der Waals surface area (Å²) in [4.78, 5) is 50.5. The van der Waals surface area contributed by atoms with Crippen molar-refractivity contribution in [3.63, 3.8) is 0 Å². The van der Waals surface area contributed by atoms with Gasteiger partial charge in [0.05, 0.1) is 31.4 Å². The molecule has 0 aliphatic carbocycles. The number of rotatable bonds is 8. The van der Waals surface area contributed by atoms with E-state index in [2.05, 4.69) is 20.5 Å². The number of amides is 1. The molecule has 5 heterocycles. The van der Waals surface area contributed by atoms with Gasteiger partial charge in [-0.25, -0.2) is 19.0 Å². The average molecular weight is 690 g/mol. The second kappa shape index (κ2) is 14.4. The van der Waals surface area contributed by atoms with Gasteiger partial charge in [-0.15, -0.1) is 11.3 Å². The van der Waals surface area contributed by atoms with E-state index in [0.717, 1.165) is 0 Å². The third-order valence-corrected chi connectivity index (χ3v) is 9.36. The number of fused-ring (bicyclic) bond motifs is 6. The highest BCUT2D eigenvalue weighted by Gasteiger charge is 2.44. The van der Waals surface area contributed by atoms with E-state index in [1.807, 2.05) is 5.38 Å². The van der Waals surface area contributed by atoms with Gasteiger partial charge >= 0.3 is 12.1 Å². The largest absolute Gasteiger partial charge is 0.466 e. The number of esters is 1. The van der Waals surface area contributed by atoms with Crippen LogP contribution in [0.1, 0.15) is 63.6 Å². The summed E-state index contributed by atoms with van der Waals surface area (Å²) in [5, 5.41) is 9.04. The zero-order valence-corrected chi connectivity index (χ0v) is 28.8. The number of ether oxygens (including phenoxy) is 3. The van der Waals surface area contributed by atoms with E-state index in [-0.39, 0.29) is 34.6 Å². The third kappa shape index (κ3) is 8.75. The van der Waals surface area contributed by atoms with Gasteiger partial charge in [-0.2, -0.15) is 0 Å². The normalized spacial score (nSPS) is 25.2. The minimum Gasteiger partial charge on any atom is -0.466 e. The zero-order chi connectivity index (χ0) is 33.9. The molecule has 4 aliphatic heterocycles. The van der Waals surface area contributed by atoms with Crippen LogP contribution in [0.25, 0.3) is 0 Å². The number of aromatic nitrogens is 1. The van der Waals surface area contributed by atoms with Crippen molar-refractivity contribution in [3.8, 4) is 0 Å². The van der Waals surface area contributed by atoms with E-state index in [9.17, 15) is 18.8 Å². The van der Waals surface area contributed by atoms with Crippen LogP contribution < -0.4 is 10.6 Å². The van der Waals surface area contributed by atoms with Gasteiger partial charge in [-0.05, 0) is 64.5 Å². The van der Waals surface area contributed by atoms with Crippen LogP contribution in [0, 0.1) is 17.7 Å². The van der Waals surface area contributed by atoms with E-state index in [0.29, 0.717) is 67.8 Å². The van der Waals surface area contributed by atoms with Crippen molar-refractivity contribution in [1.29, 1.82) is 0 Å². The second-order valence-electron chi connectivity index (χ2n) is 13.5. The number of carbonyl (C=O) groups excluding carboxylic acids is 3. The summed E-state index contributed by atoms with van der Waals surface area (Å²) in [5.41, 5.74) is -0.172. The number of nitrogens with one attached hydrogen (secondary N) is 2. The third-order valence-electron chi connectivity index (χ3n) is 8.26. The fourth-order valence-electron chi connectivity index (χ4n) is 6.86. The molecule has 254 valence electrons. The number of hydrogen-bond acceptors (Lipinski definition) is 11. The Balaban J connectivity index is 1.48. The number of amidine groups is 1. The molecule has 0 saturated carbocycles. The van der Waals surface area contributed by atoms with Crippen LogP contribution in [-0.2, 0) is 23.8 Å². The van der Waals surface area contributed by atoms with Gasteiger partial charge in [0.25, 0.3) is 0 Å². The Bertz CT molecular complexity index is 1540. The maximum atomic E-state index is 14.1. The Kier molecular flexibility index (Phi) is 10.7. The van der Waals surface area contributed by atoms with Crippen molar-refractivity contribution in [3.05, 3.63) is 62.5 Å². The lowest BCUT2D eigenvalue weighted by molar-refractivity contribution is -0.136. The quantitative estimate of drug-likeness (QED) is 0.366. The van der Waals surface area contributed by atoms with E-state index in [4.69, 9.17) is 30.8 Å². The molecule has 2 N–H and O–H groups in total. The van der Waals surface area contributed by atoms with E-state index >= 15 is 0 Å². The zero-order valence-electron chi connectivity index (χ0n) is 27.2. The van der Waals surface area contributed by atoms with Gasteiger partial charge in [0.1, 0.15) is 23.2 Å². The summed E-state index contributed by atoms with van der Waals surface area (Å²) in [6.45, 7) is 9.30. The lowest BCUT2D eigenvalue weighted by atomic mass is 9.74. The minimum atomic E-state index is -0.871. The number of alkyl carbamates (subject to hydrolysis) is 1. The number of methoxy groups -OCH3 is 1. The Morgan fingerprint density at radius 1 is 1.21 bits per heavy atom. The predicted octanol–water partition coefficient (Wildman–Crippen LogP) is 5.05. The topological polar surface area (TPSA) is 131 Å². The molecule has 11 nitrogen and oxygen atoms in total. The van der Waals surface area contributed by atoms with Crippen LogP contribution in [0.15, 0.2) is 46.0 Å². The van der Waals surface area contributed by atoms with Gasteiger partial charge in [0.15, 0.2) is 10.8 Å². The number of hydrogen-bond donors (Lipinski definition) is 2. The summed E-state index contributed by atoms with van der Waals surface area (Å²) in [7, 11) is 1.31. The Labute approximate surface area is 282 Å². The highest BCUT2D eigenvalue weighted by atomic mass is 35.5. The van der Waals surface area contributed by atoms with Crippen LogP contribution in [0.4, 0.5) is 9.18 Å². The number of nitrogens with zero attached hydrogens (tertiary/aromatic N) is 3. The number of halogens is 2. The second-order valence-corrected chi connectivity index (χ2v) is 14.9. The summed E-state index contributed by atoms with van der Waals surface area (Å²) in [5.74, 6) is -0.743. The van der Waals surface area contributed by atoms with Crippen LogP contribution in [0.5, 0.6) is 0 Å². The summed E-state index contributed by atoms with van der Waals surface area (Å²) >= 11 is 7.91. The molecule has 4 aliphatic rings. The fraction of sp³-hybridized carbons (Fsp3) is 0.545. The molecule has 1 aromatic carbocycles. The standard InChI is InChI=1S/C33H41ClFN5O6S/c1-19(41)11-33(39-31(43)46-32(2,3)4)12-20-14-40(15-21(13-33)18-45-17-20)16-25-26(30(42)44-5)27(23-7-6-22(35)10-24(23)34)38-28(37-25)29-36-8-9-47-29/h6-10,20-21,27H,11-18H2,1-5H3,(H,37,38)(H,39,43)/t20?,21?,27-,33?/m0/s1. The Morgan fingerprint density at radius 2 is 1.91 bits per heavy atom. The van der Waals surface area contributed by atoms with Crippen molar-refractivity contribution in [2.45, 2.75) is 64.1 Å². The lowest BCUT2D eigenvalue weighted by Gasteiger charge is -2.46. The van der Waals surface area contributed by atoms with Crippen molar-refractivity contribution < 1.29 is 33.0 Å². The maximum Gasteiger partial charge on any atom is 0.408 e. The molecule has 6 rings (SSSR count). The smallest absolute Gasteiger partial charge is 0.408 e. The molecule has 0 spiro atoms. The molecule has 2 unspecified atom stereocenters. The molecule has 3 saturated heterocycles. The number of ketones is 1. The number of carbonyl (C=O) groups is 3. The summed E-state index contributed by atoms with van der Waals surface area (Å²) in [6, 6.07) is 3.14. The van der Waals surface area contributed by atoms with Crippen LogP contribution in [0.2, 0.25) is 5.02 Å². The summed E-state index contributed by atoms with van der Waals surface area (Å²) in [6.07, 6.45) is 2.32. The highest BCUT2D eigenvalue weighted by molar-refractivity contribution is 7.11. The van der Waals surface area contributed by atoms with E-state index in [1.165, 1.54) is 43.6 Å². The number of Topliss-reactive ketones (excluding diaryl/α,β-unsaturated/α-hetero) is 1.